The summed E-state index contributed by atoms with van der Waals surface area (Å²) in [4.78, 5) is 12.7. The highest BCUT2D eigenvalue weighted by Crippen LogP contribution is 2.25. The van der Waals surface area contributed by atoms with Gasteiger partial charge in [0.1, 0.15) is 0 Å². The monoisotopic (exact) mass is 241 g/mol. The van der Waals surface area contributed by atoms with E-state index in [4.69, 9.17) is 0 Å². The number of thioether (sulfide) groups is 1. The smallest absolute Gasteiger partial charge is 0.225 e. The quantitative estimate of drug-likeness (QED) is 0.876. The van der Waals surface area contributed by atoms with E-state index in [2.05, 4.69) is 5.32 Å². The summed E-state index contributed by atoms with van der Waals surface area (Å²) in [5.74, 6) is 1.41. The second kappa shape index (κ2) is 5.56. The number of thiophene rings is 1. The van der Waals surface area contributed by atoms with Gasteiger partial charge in [-0.1, -0.05) is 6.07 Å². The molecule has 4 heteroatoms. The van der Waals surface area contributed by atoms with Gasteiger partial charge in [0.05, 0.1) is 6.42 Å². The largest absolute Gasteiger partial charge is 0.355 e. The predicted octanol–water partition coefficient (Wildman–Crippen LogP) is 2.30. The molecule has 1 fully saturated rings. The van der Waals surface area contributed by atoms with Gasteiger partial charge in [-0.2, -0.15) is 11.8 Å². The average Bonchev–Trinajstić information content (AvgIpc) is 2.86. The van der Waals surface area contributed by atoms with Gasteiger partial charge in [-0.3, -0.25) is 4.79 Å². The lowest BCUT2D eigenvalue weighted by Gasteiger charge is -2.09. The second-order valence-corrected chi connectivity index (χ2v) is 6.14. The van der Waals surface area contributed by atoms with E-state index in [1.54, 1.807) is 11.3 Å². The van der Waals surface area contributed by atoms with Crippen LogP contribution in [0.2, 0.25) is 0 Å². The van der Waals surface area contributed by atoms with Crippen molar-refractivity contribution in [1.29, 1.82) is 0 Å². The second-order valence-electron chi connectivity index (χ2n) is 3.70. The average molecular weight is 241 g/mol. The van der Waals surface area contributed by atoms with Crippen molar-refractivity contribution in [2.75, 3.05) is 12.3 Å². The normalized spacial score (nSPS) is 20.4. The molecule has 2 heterocycles. The molecule has 0 spiro atoms. The van der Waals surface area contributed by atoms with Crippen LogP contribution in [0, 0.1) is 0 Å². The summed E-state index contributed by atoms with van der Waals surface area (Å²) in [5, 5.41) is 5.67. The highest BCUT2D eigenvalue weighted by molar-refractivity contribution is 8.00. The Hall–Kier alpha value is -0.480. The summed E-state index contributed by atoms with van der Waals surface area (Å²) in [5.41, 5.74) is 0. The molecule has 2 rings (SSSR count). The topological polar surface area (TPSA) is 29.1 Å². The van der Waals surface area contributed by atoms with Crippen molar-refractivity contribution in [2.24, 2.45) is 0 Å². The Kier molecular flexibility index (Phi) is 4.09. The molecule has 1 saturated heterocycles. The van der Waals surface area contributed by atoms with Gasteiger partial charge in [0.15, 0.2) is 0 Å². The van der Waals surface area contributed by atoms with E-state index in [0.717, 1.165) is 11.4 Å². The summed E-state index contributed by atoms with van der Waals surface area (Å²) in [6, 6.07) is 3.99. The Morgan fingerprint density at radius 3 is 3.20 bits per heavy atom. The van der Waals surface area contributed by atoms with Gasteiger partial charge in [-0.05, 0) is 30.0 Å². The van der Waals surface area contributed by atoms with Crippen LogP contribution in [0.15, 0.2) is 17.5 Å². The fourth-order valence-electron chi connectivity index (χ4n) is 1.67. The minimum Gasteiger partial charge on any atom is -0.355 e. The number of rotatable bonds is 4. The lowest BCUT2D eigenvalue weighted by atomic mass is 10.2. The lowest BCUT2D eigenvalue weighted by molar-refractivity contribution is -0.120. The molecule has 0 saturated carbocycles. The first-order valence-electron chi connectivity index (χ1n) is 5.25. The molecule has 15 heavy (non-hydrogen) atoms. The third-order valence-electron chi connectivity index (χ3n) is 2.47. The standard InChI is InChI=1S/C11H15NOS2/c13-11(7-9-3-1-5-14-9)12-8-10-4-2-6-15-10/h1,3,5,10H,2,4,6-8H2,(H,12,13)/t10-/m1/s1. The Balaban J connectivity index is 1.68. The van der Waals surface area contributed by atoms with Crippen LogP contribution in [0.3, 0.4) is 0 Å². The van der Waals surface area contributed by atoms with Crippen molar-refractivity contribution in [2.45, 2.75) is 24.5 Å². The first-order valence-corrected chi connectivity index (χ1v) is 7.18. The van der Waals surface area contributed by atoms with E-state index < -0.39 is 0 Å². The molecule has 1 aliphatic heterocycles. The predicted molar refractivity (Wildman–Crippen MR) is 66.5 cm³/mol. The molecular weight excluding hydrogens is 226 g/mol. The van der Waals surface area contributed by atoms with Crippen LogP contribution in [-0.4, -0.2) is 23.5 Å². The molecule has 1 aliphatic rings. The maximum Gasteiger partial charge on any atom is 0.225 e. The van der Waals surface area contributed by atoms with Crippen LogP contribution in [0.5, 0.6) is 0 Å². The van der Waals surface area contributed by atoms with E-state index in [0.29, 0.717) is 11.7 Å². The SMILES string of the molecule is O=C(Cc1cccs1)NC[C@H]1CCCS1. The zero-order chi connectivity index (χ0) is 10.5. The van der Waals surface area contributed by atoms with Gasteiger partial charge in [0, 0.05) is 16.7 Å². The Bertz CT molecular complexity index is 304. The zero-order valence-electron chi connectivity index (χ0n) is 8.57. The maximum atomic E-state index is 11.6. The highest BCUT2D eigenvalue weighted by Gasteiger charge is 2.16. The summed E-state index contributed by atoms with van der Waals surface area (Å²) >= 11 is 3.62. The lowest BCUT2D eigenvalue weighted by Crippen LogP contribution is -2.30. The van der Waals surface area contributed by atoms with Gasteiger partial charge in [0.2, 0.25) is 5.91 Å². The number of hydrogen-bond donors (Lipinski definition) is 1. The molecule has 0 aromatic carbocycles. The van der Waals surface area contributed by atoms with E-state index in [1.165, 1.54) is 18.6 Å². The third-order valence-corrected chi connectivity index (χ3v) is 4.74. The van der Waals surface area contributed by atoms with Crippen LogP contribution < -0.4 is 5.32 Å². The van der Waals surface area contributed by atoms with E-state index in [1.807, 2.05) is 29.3 Å². The van der Waals surface area contributed by atoms with Gasteiger partial charge in [-0.25, -0.2) is 0 Å². The van der Waals surface area contributed by atoms with Gasteiger partial charge >= 0.3 is 0 Å². The minimum absolute atomic E-state index is 0.157. The van der Waals surface area contributed by atoms with Crippen molar-refractivity contribution in [3.05, 3.63) is 22.4 Å². The molecule has 2 nitrogen and oxygen atoms in total. The molecule has 1 amide bonds. The fourth-order valence-corrected chi connectivity index (χ4v) is 3.57. The van der Waals surface area contributed by atoms with Crippen molar-refractivity contribution < 1.29 is 4.79 Å². The molecule has 0 radical (unpaired) electrons. The molecule has 1 aromatic heterocycles. The molecule has 0 unspecified atom stereocenters. The number of hydrogen-bond acceptors (Lipinski definition) is 3. The third kappa shape index (κ3) is 3.54. The number of nitrogens with one attached hydrogen (secondary N) is 1. The first kappa shape index (κ1) is 11.0. The van der Waals surface area contributed by atoms with Crippen molar-refractivity contribution >= 4 is 29.0 Å². The van der Waals surface area contributed by atoms with Crippen molar-refractivity contribution in [3.63, 3.8) is 0 Å². The fraction of sp³-hybridized carbons (Fsp3) is 0.545. The zero-order valence-corrected chi connectivity index (χ0v) is 10.2. The van der Waals surface area contributed by atoms with E-state index >= 15 is 0 Å². The molecular formula is C11H15NOS2. The Labute approximate surface area is 98.5 Å². The van der Waals surface area contributed by atoms with E-state index in [9.17, 15) is 4.79 Å². The molecule has 1 N–H and O–H groups in total. The summed E-state index contributed by atoms with van der Waals surface area (Å²) in [6.45, 7) is 0.842. The molecule has 82 valence electrons. The van der Waals surface area contributed by atoms with Gasteiger partial charge < -0.3 is 5.32 Å². The van der Waals surface area contributed by atoms with Crippen molar-refractivity contribution in [3.8, 4) is 0 Å². The van der Waals surface area contributed by atoms with Crippen LogP contribution in [-0.2, 0) is 11.2 Å². The highest BCUT2D eigenvalue weighted by atomic mass is 32.2. The Morgan fingerprint density at radius 2 is 2.53 bits per heavy atom. The van der Waals surface area contributed by atoms with Gasteiger partial charge in [0.25, 0.3) is 0 Å². The van der Waals surface area contributed by atoms with Crippen LogP contribution in [0.4, 0.5) is 0 Å². The summed E-state index contributed by atoms with van der Waals surface area (Å²) in [7, 11) is 0. The maximum absolute atomic E-state index is 11.6. The summed E-state index contributed by atoms with van der Waals surface area (Å²) < 4.78 is 0. The van der Waals surface area contributed by atoms with Crippen molar-refractivity contribution in [1.82, 2.24) is 5.32 Å². The van der Waals surface area contributed by atoms with E-state index in [-0.39, 0.29) is 5.91 Å². The minimum atomic E-state index is 0.157. The van der Waals surface area contributed by atoms with Crippen LogP contribution >= 0.6 is 23.1 Å². The first-order chi connectivity index (χ1) is 7.34. The number of amides is 1. The number of carbonyl (C=O) groups is 1. The molecule has 1 atom stereocenters. The Morgan fingerprint density at radius 1 is 1.60 bits per heavy atom. The molecule has 1 aromatic rings. The number of carbonyl (C=O) groups excluding carboxylic acids is 1. The summed E-state index contributed by atoms with van der Waals surface area (Å²) in [6.07, 6.45) is 3.09. The molecule has 0 bridgehead atoms. The van der Waals surface area contributed by atoms with Gasteiger partial charge in [-0.15, -0.1) is 11.3 Å². The molecule has 0 aliphatic carbocycles. The van der Waals surface area contributed by atoms with Crippen LogP contribution in [0.25, 0.3) is 0 Å². The van der Waals surface area contributed by atoms with Crippen LogP contribution in [0.1, 0.15) is 17.7 Å².